The van der Waals surface area contributed by atoms with Crippen LogP contribution in [0.1, 0.15) is 47.8 Å². The van der Waals surface area contributed by atoms with Gasteiger partial charge in [-0.2, -0.15) is 0 Å². The number of allylic oxidation sites excluding steroid dienone is 1. The summed E-state index contributed by atoms with van der Waals surface area (Å²) >= 11 is 0. The maximum Gasteiger partial charge on any atom is 0.195 e. The number of hydrogen-bond donors (Lipinski definition) is 0. The third kappa shape index (κ3) is 2.60. The molecule has 0 amide bonds. The zero-order valence-electron chi connectivity index (χ0n) is 13.8. The molecular weight excluding hydrogens is 324 g/mol. The van der Waals surface area contributed by atoms with Crippen molar-refractivity contribution >= 4 is 23.4 Å². The van der Waals surface area contributed by atoms with Gasteiger partial charge in [-0.1, -0.05) is 78.9 Å². The SMILES string of the molecule is O=C(/C=C/c1ccccc1)c1cccc2c1C(=O)c1ccccc1C2=O. The maximum atomic E-state index is 12.9. The van der Waals surface area contributed by atoms with Crippen molar-refractivity contribution in [1.82, 2.24) is 0 Å². The van der Waals surface area contributed by atoms with Gasteiger partial charge in [-0.05, 0) is 11.6 Å². The van der Waals surface area contributed by atoms with Crippen LogP contribution in [0.5, 0.6) is 0 Å². The van der Waals surface area contributed by atoms with Gasteiger partial charge in [0, 0.05) is 27.8 Å². The summed E-state index contributed by atoms with van der Waals surface area (Å²) in [5.74, 6) is -0.810. The lowest BCUT2D eigenvalue weighted by Gasteiger charge is -2.19. The Kier molecular flexibility index (Phi) is 3.90. The maximum absolute atomic E-state index is 12.9. The van der Waals surface area contributed by atoms with E-state index in [1.807, 2.05) is 30.3 Å². The third-order valence-electron chi connectivity index (χ3n) is 4.44. The van der Waals surface area contributed by atoms with Gasteiger partial charge in [0.1, 0.15) is 0 Å². The standard InChI is InChI=1S/C23H14O3/c24-20(14-13-15-7-2-1-3-8-15)18-11-6-12-19-21(18)23(26)17-10-5-4-9-16(17)22(19)25/h1-14H/b14-13+. The molecule has 0 N–H and O–H groups in total. The van der Waals surface area contributed by atoms with Crippen molar-refractivity contribution in [3.8, 4) is 0 Å². The average molecular weight is 338 g/mol. The largest absolute Gasteiger partial charge is 0.289 e. The summed E-state index contributed by atoms with van der Waals surface area (Å²) in [6.07, 6.45) is 3.13. The van der Waals surface area contributed by atoms with Gasteiger partial charge in [-0.25, -0.2) is 0 Å². The lowest BCUT2D eigenvalue weighted by Crippen LogP contribution is -2.23. The second kappa shape index (κ2) is 6.37. The second-order valence-electron chi connectivity index (χ2n) is 6.04. The highest BCUT2D eigenvalue weighted by Gasteiger charge is 2.32. The molecule has 3 aromatic carbocycles. The van der Waals surface area contributed by atoms with Gasteiger partial charge in [-0.3, -0.25) is 14.4 Å². The van der Waals surface area contributed by atoms with Crippen LogP contribution in [0.15, 0.2) is 78.9 Å². The minimum atomic E-state index is -0.300. The van der Waals surface area contributed by atoms with Crippen LogP contribution < -0.4 is 0 Å². The highest BCUT2D eigenvalue weighted by molar-refractivity contribution is 6.31. The smallest absolute Gasteiger partial charge is 0.195 e. The number of carbonyl (C=O) groups excluding carboxylic acids is 3. The minimum absolute atomic E-state index is 0.193. The van der Waals surface area contributed by atoms with E-state index in [1.165, 1.54) is 6.08 Å². The summed E-state index contributed by atoms with van der Waals surface area (Å²) in [7, 11) is 0. The molecule has 0 heterocycles. The normalized spacial score (nSPS) is 12.8. The molecule has 0 radical (unpaired) electrons. The first-order chi connectivity index (χ1) is 12.7. The lowest BCUT2D eigenvalue weighted by molar-refractivity contribution is 0.0972. The lowest BCUT2D eigenvalue weighted by atomic mass is 9.81. The fourth-order valence-electron chi connectivity index (χ4n) is 3.18. The topological polar surface area (TPSA) is 51.2 Å². The summed E-state index contributed by atoms with van der Waals surface area (Å²) in [6.45, 7) is 0. The number of rotatable bonds is 3. The molecule has 0 unspecified atom stereocenters. The number of carbonyl (C=O) groups is 3. The molecule has 3 aromatic rings. The molecule has 3 heteroatoms. The predicted octanol–water partition coefficient (Wildman–Crippen LogP) is 4.36. The highest BCUT2D eigenvalue weighted by atomic mass is 16.1. The first-order valence-electron chi connectivity index (χ1n) is 8.26. The van der Waals surface area contributed by atoms with Crippen LogP contribution in [-0.2, 0) is 0 Å². The molecule has 124 valence electrons. The number of hydrogen-bond acceptors (Lipinski definition) is 3. The molecule has 0 spiro atoms. The van der Waals surface area contributed by atoms with Gasteiger partial charge in [0.2, 0.25) is 0 Å². The number of benzene rings is 3. The summed E-state index contributed by atoms with van der Waals surface area (Å²) in [5, 5.41) is 0. The van der Waals surface area contributed by atoms with Gasteiger partial charge < -0.3 is 0 Å². The number of fused-ring (bicyclic) bond motifs is 2. The fraction of sp³-hybridized carbons (Fsp3) is 0. The van der Waals surface area contributed by atoms with Crippen molar-refractivity contribution in [2.75, 3.05) is 0 Å². The fourth-order valence-corrected chi connectivity index (χ4v) is 3.18. The Morgan fingerprint density at radius 2 is 1.27 bits per heavy atom. The van der Waals surface area contributed by atoms with E-state index < -0.39 is 0 Å². The predicted molar refractivity (Wildman–Crippen MR) is 99.6 cm³/mol. The van der Waals surface area contributed by atoms with E-state index in [9.17, 15) is 14.4 Å². The zero-order chi connectivity index (χ0) is 18.1. The van der Waals surface area contributed by atoms with Crippen molar-refractivity contribution in [2.24, 2.45) is 0 Å². The zero-order valence-corrected chi connectivity index (χ0v) is 13.8. The monoisotopic (exact) mass is 338 g/mol. The summed E-state index contributed by atoms with van der Waals surface area (Å²) in [4.78, 5) is 38.4. The number of ketones is 3. The molecule has 1 aliphatic carbocycles. The van der Waals surface area contributed by atoms with E-state index in [1.54, 1.807) is 48.5 Å². The first-order valence-corrected chi connectivity index (χ1v) is 8.26. The Hall–Kier alpha value is -3.59. The van der Waals surface area contributed by atoms with E-state index in [2.05, 4.69) is 0 Å². The molecule has 0 aliphatic heterocycles. The Labute approximate surface area is 150 Å². The van der Waals surface area contributed by atoms with Gasteiger partial charge in [0.25, 0.3) is 0 Å². The molecular formula is C23H14O3. The van der Waals surface area contributed by atoms with E-state index in [-0.39, 0.29) is 34.0 Å². The third-order valence-corrected chi connectivity index (χ3v) is 4.44. The van der Waals surface area contributed by atoms with Crippen molar-refractivity contribution in [1.29, 1.82) is 0 Å². The van der Waals surface area contributed by atoms with Crippen molar-refractivity contribution in [3.63, 3.8) is 0 Å². The molecule has 0 bridgehead atoms. The van der Waals surface area contributed by atoms with Crippen LogP contribution in [0, 0.1) is 0 Å². The molecule has 0 saturated heterocycles. The van der Waals surface area contributed by atoms with Crippen LogP contribution in [0.4, 0.5) is 0 Å². The summed E-state index contributed by atoms with van der Waals surface area (Å²) < 4.78 is 0. The Bertz CT molecular complexity index is 1080. The highest BCUT2D eigenvalue weighted by Crippen LogP contribution is 2.29. The molecule has 0 atom stereocenters. The van der Waals surface area contributed by atoms with Crippen molar-refractivity contribution in [2.45, 2.75) is 0 Å². The van der Waals surface area contributed by atoms with E-state index >= 15 is 0 Å². The van der Waals surface area contributed by atoms with Gasteiger partial charge >= 0.3 is 0 Å². The molecule has 3 nitrogen and oxygen atoms in total. The van der Waals surface area contributed by atoms with E-state index in [0.717, 1.165) is 5.56 Å². The second-order valence-corrected chi connectivity index (χ2v) is 6.04. The van der Waals surface area contributed by atoms with Crippen molar-refractivity contribution in [3.05, 3.63) is 112 Å². The van der Waals surface area contributed by atoms with Gasteiger partial charge in [0.05, 0.1) is 0 Å². The van der Waals surface area contributed by atoms with Crippen LogP contribution >= 0.6 is 0 Å². The molecule has 4 rings (SSSR count). The Morgan fingerprint density at radius 3 is 2.00 bits per heavy atom. The Balaban J connectivity index is 1.78. The minimum Gasteiger partial charge on any atom is -0.289 e. The average Bonchev–Trinajstić information content (AvgIpc) is 2.70. The Morgan fingerprint density at radius 1 is 0.654 bits per heavy atom. The van der Waals surface area contributed by atoms with Gasteiger partial charge in [-0.15, -0.1) is 0 Å². The molecule has 1 aliphatic rings. The quantitative estimate of drug-likeness (QED) is 0.412. The van der Waals surface area contributed by atoms with E-state index in [4.69, 9.17) is 0 Å². The molecule has 0 saturated carbocycles. The van der Waals surface area contributed by atoms with Crippen LogP contribution in [-0.4, -0.2) is 17.3 Å². The summed E-state index contributed by atoms with van der Waals surface area (Å²) in [5.41, 5.74) is 2.35. The molecule has 0 fully saturated rings. The van der Waals surface area contributed by atoms with Gasteiger partial charge in [0.15, 0.2) is 17.3 Å². The van der Waals surface area contributed by atoms with Crippen LogP contribution in [0.3, 0.4) is 0 Å². The molecule has 0 aromatic heterocycles. The molecule has 26 heavy (non-hydrogen) atoms. The van der Waals surface area contributed by atoms with Crippen LogP contribution in [0.25, 0.3) is 6.08 Å². The first kappa shape index (κ1) is 15.9. The van der Waals surface area contributed by atoms with E-state index in [0.29, 0.717) is 11.1 Å². The van der Waals surface area contributed by atoms with Crippen LogP contribution in [0.2, 0.25) is 0 Å². The summed E-state index contributed by atoms with van der Waals surface area (Å²) in [6, 6.07) is 21.0. The van der Waals surface area contributed by atoms with Crippen molar-refractivity contribution < 1.29 is 14.4 Å².